The van der Waals surface area contributed by atoms with Crippen LogP contribution in [0.2, 0.25) is 0 Å². The Hall–Kier alpha value is -3.10. The van der Waals surface area contributed by atoms with Gasteiger partial charge in [0.2, 0.25) is 10.0 Å². The van der Waals surface area contributed by atoms with Crippen molar-refractivity contribution in [1.29, 1.82) is 0 Å². The maximum absolute atomic E-state index is 13.6. The Kier molecular flexibility index (Phi) is 6.58. The van der Waals surface area contributed by atoms with Crippen LogP contribution >= 0.6 is 0 Å². The van der Waals surface area contributed by atoms with Crippen LogP contribution in [0.25, 0.3) is 0 Å². The summed E-state index contributed by atoms with van der Waals surface area (Å²) in [5, 5.41) is 2.96. The zero-order chi connectivity index (χ0) is 23.6. The van der Waals surface area contributed by atoms with Crippen molar-refractivity contribution < 1.29 is 22.4 Å². The molecule has 3 aromatic rings. The van der Waals surface area contributed by atoms with Crippen LogP contribution in [-0.2, 0) is 23.1 Å². The average molecular weight is 469 g/mol. The van der Waals surface area contributed by atoms with Crippen molar-refractivity contribution in [3.8, 4) is 5.75 Å². The summed E-state index contributed by atoms with van der Waals surface area (Å²) in [6.45, 7) is 3.88. The van der Waals surface area contributed by atoms with E-state index in [4.69, 9.17) is 9.15 Å². The summed E-state index contributed by atoms with van der Waals surface area (Å²) < 4.78 is 39.5. The molecule has 4 rings (SSSR count). The van der Waals surface area contributed by atoms with Crippen LogP contribution < -0.4 is 10.1 Å². The molecule has 1 saturated carbocycles. The molecule has 0 atom stereocenters. The van der Waals surface area contributed by atoms with Gasteiger partial charge in [0.05, 0.1) is 24.8 Å². The van der Waals surface area contributed by atoms with Crippen LogP contribution in [-0.4, -0.2) is 31.8 Å². The summed E-state index contributed by atoms with van der Waals surface area (Å²) in [5.41, 5.74) is 2.84. The van der Waals surface area contributed by atoms with Crippen LogP contribution in [0.1, 0.15) is 45.7 Å². The maximum Gasteiger partial charge on any atom is 0.251 e. The Morgan fingerprint density at radius 2 is 1.76 bits per heavy atom. The van der Waals surface area contributed by atoms with E-state index in [1.807, 2.05) is 13.8 Å². The lowest BCUT2D eigenvalue weighted by molar-refractivity contribution is 0.0951. The zero-order valence-electron chi connectivity index (χ0n) is 19.0. The highest BCUT2D eigenvalue weighted by molar-refractivity contribution is 7.89. The van der Waals surface area contributed by atoms with Crippen LogP contribution in [0.3, 0.4) is 0 Å². The molecule has 1 amide bonds. The largest absolute Gasteiger partial charge is 0.496 e. The number of hydrogen-bond donors (Lipinski definition) is 1. The van der Waals surface area contributed by atoms with Crippen LogP contribution in [0.15, 0.2) is 64.1 Å². The first-order chi connectivity index (χ1) is 15.8. The number of furan rings is 1. The summed E-state index contributed by atoms with van der Waals surface area (Å²) in [6.07, 6.45) is 3.57. The van der Waals surface area contributed by atoms with Gasteiger partial charge < -0.3 is 14.5 Å². The normalized spacial score (nSPS) is 13.8. The molecule has 33 heavy (non-hydrogen) atoms. The fourth-order valence-electron chi connectivity index (χ4n) is 3.79. The monoisotopic (exact) mass is 468 g/mol. The first kappa shape index (κ1) is 23.1. The number of methoxy groups -OCH3 is 1. The number of nitrogens with zero attached hydrogens (tertiary/aromatic N) is 1. The number of aryl methyl sites for hydroxylation is 2. The predicted octanol–water partition coefficient (Wildman–Crippen LogP) is 4.19. The van der Waals surface area contributed by atoms with Crippen LogP contribution in [0.5, 0.6) is 5.75 Å². The Labute approximate surface area is 194 Å². The molecule has 1 fully saturated rings. The van der Waals surface area contributed by atoms with Gasteiger partial charge in [-0.1, -0.05) is 12.1 Å². The molecule has 1 N–H and O–H groups in total. The van der Waals surface area contributed by atoms with Gasteiger partial charge in [-0.15, -0.1) is 0 Å². The molecule has 0 bridgehead atoms. The molecule has 8 heteroatoms. The highest BCUT2D eigenvalue weighted by Gasteiger charge is 2.28. The standard InChI is InChI=1S/C25H28N2O5S/c1-17-13-23(14-18(2)24(17)31-3)33(29,30)27(16-22-5-4-12-32-22)15-19-6-8-20(9-7-19)25(28)26-21-10-11-21/h4-9,12-14,21H,10-11,15-16H2,1-3H3,(H,26,28). The minimum Gasteiger partial charge on any atom is -0.496 e. The molecule has 0 saturated heterocycles. The molecule has 2 aromatic carbocycles. The Bertz CT molecular complexity index is 1210. The van der Waals surface area contributed by atoms with Crippen molar-refractivity contribution in [3.05, 3.63) is 82.8 Å². The van der Waals surface area contributed by atoms with Crippen LogP contribution in [0, 0.1) is 13.8 Å². The van der Waals surface area contributed by atoms with Gasteiger partial charge in [-0.05, 0) is 79.8 Å². The van der Waals surface area contributed by atoms with Gasteiger partial charge in [-0.3, -0.25) is 4.79 Å². The Morgan fingerprint density at radius 1 is 1.09 bits per heavy atom. The minimum absolute atomic E-state index is 0.0867. The molecule has 0 spiro atoms. The third kappa shape index (κ3) is 5.29. The van der Waals surface area contributed by atoms with Crippen molar-refractivity contribution in [1.82, 2.24) is 9.62 Å². The second-order valence-electron chi connectivity index (χ2n) is 8.39. The van der Waals surface area contributed by atoms with Gasteiger partial charge in [-0.2, -0.15) is 4.31 Å². The average Bonchev–Trinajstić information content (AvgIpc) is 3.44. The first-order valence-electron chi connectivity index (χ1n) is 10.9. The predicted molar refractivity (Wildman–Crippen MR) is 125 cm³/mol. The molecule has 1 aliphatic rings. The van der Waals surface area contributed by atoms with E-state index in [1.54, 1.807) is 55.6 Å². The topological polar surface area (TPSA) is 88.9 Å². The maximum atomic E-state index is 13.6. The lowest BCUT2D eigenvalue weighted by atomic mass is 10.1. The summed E-state index contributed by atoms with van der Waals surface area (Å²) >= 11 is 0. The van der Waals surface area contributed by atoms with Crippen molar-refractivity contribution in [2.45, 2.75) is 50.7 Å². The number of rotatable bonds is 9. The fourth-order valence-corrected chi connectivity index (χ4v) is 5.36. The van der Waals surface area contributed by atoms with E-state index in [2.05, 4.69) is 5.32 Å². The molecule has 174 valence electrons. The third-order valence-electron chi connectivity index (χ3n) is 5.68. The van der Waals surface area contributed by atoms with E-state index in [1.165, 1.54) is 10.6 Å². The van der Waals surface area contributed by atoms with E-state index in [0.29, 0.717) is 17.1 Å². The quantitative estimate of drug-likeness (QED) is 0.509. The van der Waals surface area contributed by atoms with Gasteiger partial charge in [0.1, 0.15) is 11.5 Å². The van der Waals surface area contributed by atoms with E-state index < -0.39 is 10.0 Å². The molecule has 0 radical (unpaired) electrons. The molecule has 7 nitrogen and oxygen atoms in total. The van der Waals surface area contributed by atoms with E-state index in [9.17, 15) is 13.2 Å². The van der Waals surface area contributed by atoms with Gasteiger partial charge in [0, 0.05) is 18.2 Å². The Balaban J connectivity index is 1.61. The second kappa shape index (κ2) is 9.41. The molecule has 1 aliphatic carbocycles. The molecule has 0 aliphatic heterocycles. The number of sulfonamides is 1. The molecular formula is C25H28N2O5S. The number of benzene rings is 2. The number of amides is 1. The van der Waals surface area contributed by atoms with Crippen molar-refractivity contribution in [2.24, 2.45) is 0 Å². The Morgan fingerprint density at radius 3 is 2.30 bits per heavy atom. The second-order valence-corrected chi connectivity index (χ2v) is 10.3. The van der Waals surface area contributed by atoms with Gasteiger partial charge in [0.15, 0.2) is 0 Å². The molecule has 1 heterocycles. The highest BCUT2D eigenvalue weighted by atomic mass is 32.2. The van der Waals surface area contributed by atoms with E-state index in [-0.39, 0.29) is 29.9 Å². The number of ether oxygens (including phenoxy) is 1. The van der Waals surface area contributed by atoms with E-state index >= 15 is 0 Å². The lowest BCUT2D eigenvalue weighted by Gasteiger charge is -2.22. The van der Waals surface area contributed by atoms with Crippen molar-refractivity contribution in [2.75, 3.05) is 7.11 Å². The lowest BCUT2D eigenvalue weighted by Crippen LogP contribution is -2.30. The molecule has 0 unspecified atom stereocenters. The number of carbonyl (C=O) groups excluding carboxylic acids is 1. The zero-order valence-corrected chi connectivity index (χ0v) is 19.8. The smallest absolute Gasteiger partial charge is 0.251 e. The minimum atomic E-state index is -3.84. The number of nitrogens with one attached hydrogen (secondary N) is 1. The first-order valence-corrected chi connectivity index (χ1v) is 12.3. The summed E-state index contributed by atoms with van der Waals surface area (Å²) in [6, 6.07) is 14.0. The van der Waals surface area contributed by atoms with E-state index in [0.717, 1.165) is 29.5 Å². The summed E-state index contributed by atoms with van der Waals surface area (Å²) in [5.74, 6) is 1.11. The number of hydrogen-bond acceptors (Lipinski definition) is 5. The number of carbonyl (C=O) groups is 1. The third-order valence-corrected chi connectivity index (χ3v) is 7.45. The van der Waals surface area contributed by atoms with Crippen molar-refractivity contribution >= 4 is 15.9 Å². The molecular weight excluding hydrogens is 440 g/mol. The van der Waals surface area contributed by atoms with Gasteiger partial charge in [0.25, 0.3) is 5.91 Å². The summed E-state index contributed by atoms with van der Waals surface area (Å²) in [4.78, 5) is 12.5. The van der Waals surface area contributed by atoms with Crippen molar-refractivity contribution in [3.63, 3.8) is 0 Å². The summed E-state index contributed by atoms with van der Waals surface area (Å²) in [7, 11) is -2.27. The van der Waals surface area contributed by atoms with Gasteiger partial charge >= 0.3 is 0 Å². The SMILES string of the molecule is COc1c(C)cc(S(=O)(=O)N(Cc2ccc(C(=O)NC3CC3)cc2)Cc2ccco2)cc1C. The fraction of sp³-hybridized carbons (Fsp3) is 0.320. The van der Waals surface area contributed by atoms with Gasteiger partial charge in [-0.25, -0.2) is 8.42 Å². The van der Waals surface area contributed by atoms with Crippen LogP contribution in [0.4, 0.5) is 0 Å². The highest BCUT2D eigenvalue weighted by Crippen LogP contribution is 2.29. The molecule has 1 aromatic heterocycles.